The molecule has 0 radical (unpaired) electrons. The number of nitrogens with zero attached hydrogens (tertiary/aromatic N) is 1. The molecule has 5 aromatic carbocycles. The molecule has 0 spiro atoms. The van der Waals surface area contributed by atoms with Crippen LogP contribution in [0.4, 0.5) is 0 Å². The second kappa shape index (κ2) is 9.16. The molecule has 2 heterocycles. The smallest absolute Gasteiger partial charge is 0.0568 e. The monoisotopic (exact) mass is 505 g/mol. The molecule has 0 aliphatic heterocycles. The normalized spacial score (nSPS) is 11.9. The lowest BCUT2D eigenvalue weighted by Gasteiger charge is -2.05. The van der Waals surface area contributed by atoms with Crippen LogP contribution < -0.4 is 0 Å². The van der Waals surface area contributed by atoms with Crippen LogP contribution in [0.2, 0.25) is 0 Å². The van der Waals surface area contributed by atoms with Gasteiger partial charge in [-0.3, -0.25) is 0 Å². The Bertz CT molecular complexity index is 2000. The Balaban J connectivity index is 1.39. The van der Waals surface area contributed by atoms with E-state index in [-0.39, 0.29) is 0 Å². The molecule has 1 nitrogen and oxygen atoms in total. The van der Waals surface area contributed by atoms with Crippen LogP contribution in [0.5, 0.6) is 0 Å². The van der Waals surface area contributed by atoms with Crippen molar-refractivity contribution in [2.75, 3.05) is 0 Å². The van der Waals surface area contributed by atoms with Gasteiger partial charge < -0.3 is 4.57 Å². The molecule has 182 valence electrons. The second-order valence-corrected chi connectivity index (χ2v) is 10.9. The van der Waals surface area contributed by atoms with Gasteiger partial charge in [-0.05, 0) is 35.3 Å². The van der Waals surface area contributed by atoms with Gasteiger partial charge in [-0.2, -0.15) is 0 Å². The predicted octanol–water partition coefficient (Wildman–Crippen LogP) is 10.3. The number of allylic oxidation sites excluding steroid dienone is 1. The second-order valence-electron chi connectivity index (χ2n) is 9.83. The van der Waals surface area contributed by atoms with Crippen LogP contribution >= 0.6 is 11.3 Å². The van der Waals surface area contributed by atoms with Gasteiger partial charge in [0.15, 0.2) is 0 Å². The first kappa shape index (κ1) is 22.8. The summed E-state index contributed by atoms with van der Waals surface area (Å²) in [5.74, 6) is 0. The lowest BCUT2D eigenvalue weighted by Crippen LogP contribution is -1.91. The first-order valence-electron chi connectivity index (χ1n) is 13.0. The van der Waals surface area contributed by atoms with E-state index in [4.69, 9.17) is 0 Å². The van der Waals surface area contributed by atoms with Gasteiger partial charge in [0, 0.05) is 54.6 Å². The zero-order valence-corrected chi connectivity index (χ0v) is 22.1. The van der Waals surface area contributed by atoms with Crippen molar-refractivity contribution >= 4 is 65.3 Å². The van der Waals surface area contributed by atoms with Crippen LogP contribution in [-0.4, -0.2) is 4.57 Å². The fourth-order valence-electron chi connectivity index (χ4n) is 5.80. The molecule has 0 atom stereocenters. The largest absolute Gasteiger partial charge is 0.343 e. The van der Waals surface area contributed by atoms with E-state index in [9.17, 15) is 0 Å². The van der Waals surface area contributed by atoms with Gasteiger partial charge in [0.25, 0.3) is 0 Å². The summed E-state index contributed by atoms with van der Waals surface area (Å²) in [7, 11) is 2.16. The molecule has 0 aliphatic carbocycles. The zero-order valence-electron chi connectivity index (χ0n) is 21.3. The lowest BCUT2D eigenvalue weighted by molar-refractivity contribution is 0.957. The van der Waals surface area contributed by atoms with Crippen molar-refractivity contribution in [1.29, 1.82) is 0 Å². The van der Waals surface area contributed by atoms with Crippen LogP contribution in [0.3, 0.4) is 0 Å². The fraction of sp³-hybridized carbons (Fsp3) is 0.0556. The minimum atomic E-state index is 0.911. The van der Waals surface area contributed by atoms with E-state index in [0.29, 0.717) is 0 Å². The molecule has 0 saturated carbocycles. The Morgan fingerprint density at radius 3 is 2.13 bits per heavy atom. The summed E-state index contributed by atoms with van der Waals surface area (Å²) in [4.78, 5) is 0. The van der Waals surface area contributed by atoms with Gasteiger partial charge in [-0.15, -0.1) is 11.3 Å². The SMILES string of the molecule is C=Cc1c(/C=C\Cc2ccccc2)c2ccc3c(ccc4c5ccc(-c6ccccc6)cc5sc43)c2n1C. The fourth-order valence-corrected chi connectivity index (χ4v) is 7.07. The molecule has 0 unspecified atom stereocenters. The van der Waals surface area contributed by atoms with E-state index in [1.807, 2.05) is 17.4 Å². The molecule has 2 aromatic heterocycles. The molecule has 0 saturated heterocycles. The standard InChI is InChI=1S/C36H27NS/c1-3-33-27(16-10-13-24-11-6-4-7-12-24)29-19-22-32-30(35(29)37(33)2)20-21-31-28-18-17-26(23-34(28)38-36(31)32)25-14-8-5-9-15-25/h3-12,14-23H,1,13H2,2H3/b16-10-. The van der Waals surface area contributed by atoms with Gasteiger partial charge in [0.05, 0.1) is 5.52 Å². The third-order valence-corrected chi connectivity index (χ3v) is 8.85. The maximum absolute atomic E-state index is 4.15. The molecule has 7 rings (SSSR count). The highest BCUT2D eigenvalue weighted by atomic mass is 32.1. The van der Waals surface area contributed by atoms with E-state index < -0.39 is 0 Å². The highest BCUT2D eigenvalue weighted by Gasteiger charge is 2.16. The Morgan fingerprint density at radius 1 is 0.711 bits per heavy atom. The number of aromatic nitrogens is 1. The summed E-state index contributed by atoms with van der Waals surface area (Å²) < 4.78 is 4.99. The number of rotatable bonds is 5. The van der Waals surface area contributed by atoms with E-state index >= 15 is 0 Å². The predicted molar refractivity (Wildman–Crippen MR) is 168 cm³/mol. The summed E-state index contributed by atoms with van der Waals surface area (Å²) in [5.41, 5.74) is 7.49. The molecule has 0 amide bonds. The Morgan fingerprint density at radius 2 is 1.37 bits per heavy atom. The zero-order chi connectivity index (χ0) is 25.6. The maximum atomic E-state index is 4.15. The Hall–Kier alpha value is -4.40. The third-order valence-electron chi connectivity index (χ3n) is 7.65. The van der Waals surface area contributed by atoms with Crippen molar-refractivity contribution < 1.29 is 0 Å². The summed E-state index contributed by atoms with van der Waals surface area (Å²) in [5, 5.41) is 6.53. The highest BCUT2D eigenvalue weighted by Crippen LogP contribution is 2.42. The van der Waals surface area contributed by atoms with E-state index in [2.05, 4.69) is 133 Å². The van der Waals surface area contributed by atoms with Crippen molar-refractivity contribution in [3.63, 3.8) is 0 Å². The summed E-state index contributed by atoms with van der Waals surface area (Å²) >= 11 is 1.90. The molecule has 0 fully saturated rings. The molecule has 0 bridgehead atoms. The number of aryl methyl sites for hydroxylation is 1. The first-order chi connectivity index (χ1) is 18.7. The number of fused-ring (bicyclic) bond motifs is 7. The van der Waals surface area contributed by atoms with E-state index in [1.54, 1.807) is 0 Å². The highest BCUT2D eigenvalue weighted by molar-refractivity contribution is 7.26. The topological polar surface area (TPSA) is 4.93 Å². The van der Waals surface area contributed by atoms with Crippen LogP contribution in [0, 0.1) is 0 Å². The molecule has 7 aromatic rings. The van der Waals surface area contributed by atoms with Gasteiger partial charge in [-0.1, -0.05) is 116 Å². The third kappa shape index (κ3) is 3.60. The van der Waals surface area contributed by atoms with Crippen molar-refractivity contribution in [1.82, 2.24) is 4.57 Å². The van der Waals surface area contributed by atoms with Gasteiger partial charge in [-0.25, -0.2) is 0 Å². The van der Waals surface area contributed by atoms with Crippen LogP contribution in [0.15, 0.2) is 116 Å². The van der Waals surface area contributed by atoms with Crippen LogP contribution in [0.25, 0.3) is 65.1 Å². The summed E-state index contributed by atoms with van der Waals surface area (Å²) in [6, 6.07) is 37.3. The number of hydrogen-bond donors (Lipinski definition) is 0. The van der Waals surface area contributed by atoms with Gasteiger partial charge in [0.2, 0.25) is 0 Å². The van der Waals surface area contributed by atoms with Gasteiger partial charge in [0.1, 0.15) is 0 Å². The lowest BCUT2D eigenvalue weighted by atomic mass is 10.0. The van der Waals surface area contributed by atoms with E-state index in [1.165, 1.54) is 64.1 Å². The van der Waals surface area contributed by atoms with Crippen LogP contribution in [-0.2, 0) is 13.5 Å². The molecular formula is C36H27NS. The van der Waals surface area contributed by atoms with Crippen molar-refractivity contribution in [3.8, 4) is 11.1 Å². The minimum absolute atomic E-state index is 0.911. The minimum Gasteiger partial charge on any atom is -0.343 e. The average Bonchev–Trinajstić information content (AvgIpc) is 3.48. The molecule has 2 heteroatoms. The molecule has 0 N–H and O–H groups in total. The van der Waals surface area contributed by atoms with Crippen LogP contribution in [0.1, 0.15) is 16.8 Å². The van der Waals surface area contributed by atoms with Crippen molar-refractivity contribution in [2.45, 2.75) is 6.42 Å². The maximum Gasteiger partial charge on any atom is 0.0568 e. The van der Waals surface area contributed by atoms with Crippen molar-refractivity contribution in [3.05, 3.63) is 133 Å². The average molecular weight is 506 g/mol. The number of hydrogen-bond acceptors (Lipinski definition) is 1. The van der Waals surface area contributed by atoms with E-state index in [0.717, 1.165) is 12.1 Å². The number of benzene rings is 5. The summed E-state index contributed by atoms with van der Waals surface area (Å²) in [6.45, 7) is 4.15. The summed E-state index contributed by atoms with van der Waals surface area (Å²) in [6.07, 6.45) is 7.42. The van der Waals surface area contributed by atoms with Gasteiger partial charge >= 0.3 is 0 Å². The Kier molecular flexibility index (Phi) is 5.49. The Labute approximate surface area is 226 Å². The van der Waals surface area contributed by atoms with Crippen molar-refractivity contribution in [2.24, 2.45) is 7.05 Å². The number of thiophene rings is 1. The molecular weight excluding hydrogens is 478 g/mol. The first-order valence-corrected chi connectivity index (χ1v) is 13.8. The molecule has 0 aliphatic rings. The molecule has 38 heavy (non-hydrogen) atoms. The quantitative estimate of drug-likeness (QED) is 0.219.